The summed E-state index contributed by atoms with van der Waals surface area (Å²) in [7, 11) is -3.04. The highest BCUT2D eigenvalue weighted by Crippen LogP contribution is 2.10. The quantitative estimate of drug-likeness (QED) is 0.270. The Hall–Kier alpha value is -1.08. The van der Waals surface area contributed by atoms with Gasteiger partial charge in [-0.3, -0.25) is 0 Å². The van der Waals surface area contributed by atoms with Crippen molar-refractivity contribution in [2.24, 2.45) is 10.9 Å². The van der Waals surface area contributed by atoms with E-state index in [1.807, 2.05) is 6.92 Å². The number of hydrogen-bond donors (Lipinski definition) is 3. The average Bonchev–Trinajstić information content (AvgIpc) is 2.56. The van der Waals surface area contributed by atoms with E-state index in [0.717, 1.165) is 6.42 Å². The maximum absolute atomic E-state index is 11.2. The molecule has 2 atom stereocenters. The number of oxime groups is 1. The number of rotatable bonds is 5. The minimum Gasteiger partial charge on any atom is -0.409 e. The van der Waals surface area contributed by atoms with Gasteiger partial charge >= 0.3 is 0 Å². The molecule has 0 bridgehead atoms. The molecular formula is C9H17N3O3S. The van der Waals surface area contributed by atoms with Crippen LogP contribution in [0.25, 0.3) is 0 Å². The molecule has 4 N–H and O–H groups in total. The van der Waals surface area contributed by atoms with Crippen LogP contribution in [0.3, 0.4) is 0 Å². The molecule has 0 aromatic rings. The van der Waals surface area contributed by atoms with Crippen LogP contribution in [-0.2, 0) is 9.84 Å². The van der Waals surface area contributed by atoms with Crippen molar-refractivity contribution in [3.63, 3.8) is 0 Å². The van der Waals surface area contributed by atoms with Crippen LogP contribution in [-0.4, -0.2) is 37.3 Å². The second kappa shape index (κ2) is 5.31. The molecule has 1 aliphatic heterocycles. The molecule has 0 aromatic heterocycles. The van der Waals surface area contributed by atoms with Crippen LogP contribution in [0.5, 0.6) is 0 Å². The number of sulfone groups is 1. The molecule has 0 aromatic carbocycles. The van der Waals surface area contributed by atoms with E-state index in [0.29, 0.717) is 6.42 Å². The third-order valence-corrected chi connectivity index (χ3v) is 3.85. The van der Waals surface area contributed by atoms with Gasteiger partial charge in [0.15, 0.2) is 9.84 Å². The Morgan fingerprint density at radius 2 is 2.44 bits per heavy atom. The Labute approximate surface area is 95.1 Å². The zero-order chi connectivity index (χ0) is 12.2. The highest BCUT2D eigenvalue weighted by Gasteiger charge is 2.23. The lowest BCUT2D eigenvalue weighted by molar-refractivity contribution is 0.315. The van der Waals surface area contributed by atoms with E-state index < -0.39 is 9.84 Å². The standard InChI is InChI=1S/C9H17N3O3S/c1-2-7(5-9(10)12-13)11-8-3-4-16(14,15)6-8/h3-4,7-8,11,13H,2,5-6H2,1H3,(H2,10,12). The Bertz CT molecular complexity index is 389. The van der Waals surface area contributed by atoms with Gasteiger partial charge in [-0.2, -0.15) is 0 Å². The van der Waals surface area contributed by atoms with Gasteiger partial charge in [0.25, 0.3) is 0 Å². The highest BCUT2D eigenvalue weighted by molar-refractivity contribution is 7.94. The van der Waals surface area contributed by atoms with Crippen LogP contribution in [0.1, 0.15) is 19.8 Å². The third-order valence-electron chi connectivity index (χ3n) is 2.46. The van der Waals surface area contributed by atoms with E-state index in [1.165, 1.54) is 5.41 Å². The summed E-state index contributed by atoms with van der Waals surface area (Å²) in [5.41, 5.74) is 5.40. The first-order valence-corrected chi connectivity index (χ1v) is 6.81. The van der Waals surface area contributed by atoms with Crippen molar-refractivity contribution in [2.45, 2.75) is 31.8 Å². The van der Waals surface area contributed by atoms with Gasteiger partial charge in [0.05, 0.1) is 5.75 Å². The number of hydrogen-bond acceptors (Lipinski definition) is 5. The van der Waals surface area contributed by atoms with E-state index in [1.54, 1.807) is 6.08 Å². The molecule has 6 nitrogen and oxygen atoms in total. The average molecular weight is 247 g/mol. The summed E-state index contributed by atoms with van der Waals surface area (Å²) in [6, 6.07) is -0.166. The van der Waals surface area contributed by atoms with Crippen molar-refractivity contribution in [3.05, 3.63) is 11.5 Å². The van der Waals surface area contributed by atoms with Crippen LogP contribution in [0.2, 0.25) is 0 Å². The summed E-state index contributed by atoms with van der Waals surface area (Å²) in [5.74, 6) is 0.226. The molecule has 0 aliphatic carbocycles. The van der Waals surface area contributed by atoms with Gasteiger partial charge in [-0.1, -0.05) is 18.2 Å². The van der Waals surface area contributed by atoms with Gasteiger partial charge in [0, 0.05) is 23.9 Å². The van der Waals surface area contributed by atoms with E-state index in [9.17, 15) is 8.42 Å². The molecule has 0 saturated heterocycles. The second-order valence-corrected chi connectivity index (χ2v) is 5.76. The summed E-state index contributed by atoms with van der Waals surface area (Å²) >= 11 is 0. The van der Waals surface area contributed by atoms with Crippen LogP contribution in [0, 0.1) is 0 Å². The van der Waals surface area contributed by atoms with Gasteiger partial charge < -0.3 is 16.3 Å². The van der Waals surface area contributed by atoms with Crippen LogP contribution < -0.4 is 11.1 Å². The van der Waals surface area contributed by atoms with Crippen molar-refractivity contribution < 1.29 is 13.6 Å². The Balaban J connectivity index is 2.50. The second-order valence-electron chi connectivity index (χ2n) is 3.83. The van der Waals surface area contributed by atoms with Crippen LogP contribution in [0.4, 0.5) is 0 Å². The number of nitrogens with zero attached hydrogens (tertiary/aromatic N) is 1. The topological polar surface area (TPSA) is 105 Å². The molecule has 0 fully saturated rings. The zero-order valence-electron chi connectivity index (χ0n) is 9.13. The van der Waals surface area contributed by atoms with Crippen molar-refractivity contribution in [1.82, 2.24) is 5.32 Å². The Kier molecular flexibility index (Phi) is 4.31. The lowest BCUT2D eigenvalue weighted by atomic mass is 10.1. The lowest BCUT2D eigenvalue weighted by Crippen LogP contribution is -2.40. The lowest BCUT2D eigenvalue weighted by Gasteiger charge is -2.19. The molecule has 0 spiro atoms. The maximum atomic E-state index is 11.2. The number of amidine groups is 1. The third kappa shape index (κ3) is 3.82. The van der Waals surface area contributed by atoms with Gasteiger partial charge in [0.2, 0.25) is 0 Å². The van der Waals surface area contributed by atoms with Crippen molar-refractivity contribution in [2.75, 3.05) is 5.75 Å². The fraction of sp³-hybridized carbons (Fsp3) is 0.667. The molecule has 2 unspecified atom stereocenters. The molecular weight excluding hydrogens is 230 g/mol. The summed E-state index contributed by atoms with van der Waals surface area (Å²) in [6.07, 6.45) is 2.81. The zero-order valence-corrected chi connectivity index (χ0v) is 9.94. The van der Waals surface area contributed by atoms with Crippen LogP contribution >= 0.6 is 0 Å². The van der Waals surface area contributed by atoms with Gasteiger partial charge in [-0.05, 0) is 6.42 Å². The van der Waals surface area contributed by atoms with E-state index >= 15 is 0 Å². The molecule has 16 heavy (non-hydrogen) atoms. The smallest absolute Gasteiger partial charge is 0.173 e. The Morgan fingerprint density at radius 1 is 1.75 bits per heavy atom. The van der Waals surface area contributed by atoms with E-state index in [-0.39, 0.29) is 23.7 Å². The molecule has 1 rings (SSSR count). The Morgan fingerprint density at radius 3 is 2.88 bits per heavy atom. The highest BCUT2D eigenvalue weighted by atomic mass is 32.2. The SMILES string of the molecule is CCC(CC(N)=NO)NC1C=CS(=O)(=O)C1. The molecule has 0 amide bonds. The van der Waals surface area contributed by atoms with Crippen LogP contribution in [0.15, 0.2) is 16.6 Å². The molecule has 7 heteroatoms. The monoisotopic (exact) mass is 247 g/mol. The number of nitrogens with two attached hydrogens (primary N) is 1. The predicted molar refractivity (Wildman–Crippen MR) is 62.0 cm³/mol. The van der Waals surface area contributed by atoms with Gasteiger partial charge in [-0.25, -0.2) is 8.42 Å². The summed E-state index contributed by atoms with van der Waals surface area (Å²) in [5, 5.41) is 15.7. The fourth-order valence-corrected chi connectivity index (χ4v) is 2.84. The largest absolute Gasteiger partial charge is 0.409 e. The molecule has 1 aliphatic rings. The molecule has 0 saturated carbocycles. The van der Waals surface area contributed by atoms with Gasteiger partial charge in [-0.15, -0.1) is 0 Å². The molecule has 92 valence electrons. The first-order chi connectivity index (χ1) is 7.46. The maximum Gasteiger partial charge on any atom is 0.173 e. The van der Waals surface area contributed by atoms with Crippen molar-refractivity contribution in [1.29, 1.82) is 0 Å². The predicted octanol–water partition coefficient (Wildman–Crippen LogP) is -0.198. The van der Waals surface area contributed by atoms with Gasteiger partial charge in [0.1, 0.15) is 5.84 Å². The molecule has 1 heterocycles. The van der Waals surface area contributed by atoms with Crippen molar-refractivity contribution in [3.8, 4) is 0 Å². The fourth-order valence-electron chi connectivity index (χ4n) is 1.60. The summed E-state index contributed by atoms with van der Waals surface area (Å²) in [4.78, 5) is 0. The molecule has 0 radical (unpaired) electrons. The first kappa shape index (κ1) is 13.0. The minimum absolute atomic E-state index is 0.0128. The van der Waals surface area contributed by atoms with E-state index in [4.69, 9.17) is 10.9 Å². The number of nitrogens with one attached hydrogen (secondary N) is 1. The first-order valence-electron chi connectivity index (χ1n) is 5.10. The summed E-state index contributed by atoms with van der Waals surface area (Å²) in [6.45, 7) is 1.95. The minimum atomic E-state index is -3.04. The van der Waals surface area contributed by atoms with Crippen molar-refractivity contribution >= 4 is 15.7 Å². The summed E-state index contributed by atoms with van der Waals surface area (Å²) < 4.78 is 22.3. The normalized spacial score (nSPS) is 25.8. The van der Waals surface area contributed by atoms with E-state index in [2.05, 4.69) is 10.5 Å².